The van der Waals surface area contributed by atoms with Gasteiger partial charge in [-0.25, -0.2) is 4.98 Å². The van der Waals surface area contributed by atoms with E-state index >= 15 is 0 Å². The van der Waals surface area contributed by atoms with Gasteiger partial charge in [-0.05, 0) is 24.7 Å². The minimum atomic E-state index is -0.104. The van der Waals surface area contributed by atoms with Crippen LogP contribution in [0.3, 0.4) is 0 Å². The fourth-order valence-electron chi connectivity index (χ4n) is 3.15. The number of nitrogens with zero attached hydrogens (tertiary/aromatic N) is 3. The SMILES string of the molecule is CNC(=O)c1cccc(C2CN(C(=O)Cc3cnc[nH]3)CCN2C)c1. The Bertz CT molecular complexity index is 744. The lowest BCUT2D eigenvalue weighted by molar-refractivity contribution is -0.133. The number of nitrogens with one attached hydrogen (secondary N) is 2. The molecule has 1 aliphatic rings. The van der Waals surface area contributed by atoms with Crippen LogP contribution >= 0.6 is 0 Å². The average molecular weight is 341 g/mol. The number of hydrogen-bond acceptors (Lipinski definition) is 4. The van der Waals surface area contributed by atoms with Crippen LogP contribution in [0.25, 0.3) is 0 Å². The highest BCUT2D eigenvalue weighted by molar-refractivity contribution is 5.94. The molecule has 132 valence electrons. The van der Waals surface area contributed by atoms with E-state index in [1.54, 1.807) is 25.6 Å². The lowest BCUT2D eigenvalue weighted by Gasteiger charge is -2.39. The van der Waals surface area contributed by atoms with Gasteiger partial charge in [0.05, 0.1) is 18.8 Å². The Morgan fingerprint density at radius 1 is 1.36 bits per heavy atom. The Morgan fingerprint density at radius 3 is 2.92 bits per heavy atom. The maximum atomic E-state index is 12.6. The van der Waals surface area contributed by atoms with Crippen molar-refractivity contribution >= 4 is 11.8 Å². The molecule has 7 nitrogen and oxygen atoms in total. The number of likely N-dealkylation sites (N-methyl/N-ethyl adjacent to an activating group) is 1. The third-order valence-corrected chi connectivity index (χ3v) is 4.66. The number of benzene rings is 1. The molecule has 2 N–H and O–H groups in total. The van der Waals surface area contributed by atoms with Crippen molar-refractivity contribution in [3.8, 4) is 0 Å². The van der Waals surface area contributed by atoms with Crippen LogP contribution in [0.2, 0.25) is 0 Å². The Balaban J connectivity index is 1.74. The zero-order valence-electron chi connectivity index (χ0n) is 14.5. The van der Waals surface area contributed by atoms with Crippen LogP contribution in [0.15, 0.2) is 36.8 Å². The monoisotopic (exact) mass is 341 g/mol. The van der Waals surface area contributed by atoms with Gasteiger partial charge in [0.1, 0.15) is 0 Å². The Labute approximate surface area is 147 Å². The van der Waals surface area contributed by atoms with Gasteiger partial charge in [0, 0.05) is 44.1 Å². The van der Waals surface area contributed by atoms with E-state index in [0.717, 1.165) is 17.8 Å². The predicted molar refractivity (Wildman–Crippen MR) is 94.1 cm³/mol. The first-order chi connectivity index (χ1) is 12.1. The molecule has 1 aliphatic heterocycles. The van der Waals surface area contributed by atoms with Crippen molar-refractivity contribution in [3.05, 3.63) is 53.6 Å². The van der Waals surface area contributed by atoms with Gasteiger partial charge in [-0.1, -0.05) is 12.1 Å². The first-order valence-corrected chi connectivity index (χ1v) is 8.36. The number of carbonyl (C=O) groups excluding carboxylic acids is 2. The fourth-order valence-corrected chi connectivity index (χ4v) is 3.15. The largest absolute Gasteiger partial charge is 0.355 e. The lowest BCUT2D eigenvalue weighted by Crippen LogP contribution is -2.49. The van der Waals surface area contributed by atoms with Gasteiger partial charge < -0.3 is 15.2 Å². The molecule has 2 heterocycles. The van der Waals surface area contributed by atoms with E-state index in [0.29, 0.717) is 25.1 Å². The Hall–Kier alpha value is -2.67. The zero-order chi connectivity index (χ0) is 17.8. The number of amides is 2. The molecular weight excluding hydrogens is 318 g/mol. The van der Waals surface area contributed by atoms with Crippen LogP contribution in [-0.2, 0) is 11.2 Å². The summed E-state index contributed by atoms with van der Waals surface area (Å²) in [5, 5.41) is 2.65. The highest BCUT2D eigenvalue weighted by atomic mass is 16.2. The summed E-state index contributed by atoms with van der Waals surface area (Å²) >= 11 is 0. The van der Waals surface area contributed by atoms with Crippen molar-refractivity contribution in [1.29, 1.82) is 0 Å². The topological polar surface area (TPSA) is 81.3 Å². The van der Waals surface area contributed by atoms with Gasteiger partial charge >= 0.3 is 0 Å². The summed E-state index contributed by atoms with van der Waals surface area (Å²) in [7, 11) is 3.67. The summed E-state index contributed by atoms with van der Waals surface area (Å²) in [5.41, 5.74) is 2.50. The molecule has 1 aromatic heterocycles. The minimum absolute atomic E-state index is 0.0732. The van der Waals surface area contributed by atoms with E-state index in [9.17, 15) is 9.59 Å². The van der Waals surface area contributed by atoms with Crippen molar-refractivity contribution in [1.82, 2.24) is 25.1 Å². The van der Waals surface area contributed by atoms with E-state index in [2.05, 4.69) is 20.2 Å². The average Bonchev–Trinajstić information content (AvgIpc) is 3.14. The highest BCUT2D eigenvalue weighted by Crippen LogP contribution is 2.25. The van der Waals surface area contributed by atoms with Gasteiger partial charge in [-0.15, -0.1) is 0 Å². The second-order valence-electron chi connectivity index (χ2n) is 6.29. The van der Waals surface area contributed by atoms with E-state index in [-0.39, 0.29) is 17.9 Å². The number of piperazine rings is 1. The van der Waals surface area contributed by atoms with Crippen molar-refractivity contribution < 1.29 is 9.59 Å². The molecule has 0 aliphatic carbocycles. The summed E-state index contributed by atoms with van der Waals surface area (Å²) in [6, 6.07) is 7.68. The van der Waals surface area contributed by atoms with E-state index in [1.807, 2.05) is 30.1 Å². The third kappa shape index (κ3) is 3.88. The van der Waals surface area contributed by atoms with E-state index in [4.69, 9.17) is 0 Å². The molecule has 2 aromatic rings. The summed E-state index contributed by atoms with van der Waals surface area (Å²) in [5.74, 6) is -0.0164. The van der Waals surface area contributed by atoms with Gasteiger partial charge in [0.2, 0.25) is 5.91 Å². The number of carbonyl (C=O) groups is 2. The molecule has 0 saturated carbocycles. The van der Waals surface area contributed by atoms with Gasteiger partial charge in [-0.2, -0.15) is 0 Å². The molecule has 1 aromatic carbocycles. The van der Waals surface area contributed by atoms with Crippen LogP contribution < -0.4 is 5.32 Å². The van der Waals surface area contributed by atoms with E-state index in [1.165, 1.54) is 0 Å². The molecule has 1 fully saturated rings. The maximum absolute atomic E-state index is 12.6. The lowest BCUT2D eigenvalue weighted by atomic mass is 10.00. The summed E-state index contributed by atoms with van der Waals surface area (Å²) < 4.78 is 0. The predicted octanol–water partition coefficient (Wildman–Crippen LogP) is 0.827. The maximum Gasteiger partial charge on any atom is 0.251 e. The van der Waals surface area contributed by atoms with Crippen molar-refractivity contribution in [3.63, 3.8) is 0 Å². The van der Waals surface area contributed by atoms with Crippen molar-refractivity contribution in [2.75, 3.05) is 33.7 Å². The van der Waals surface area contributed by atoms with Gasteiger partial charge in [0.15, 0.2) is 0 Å². The van der Waals surface area contributed by atoms with Gasteiger partial charge in [-0.3, -0.25) is 14.5 Å². The number of aromatic amines is 1. The summed E-state index contributed by atoms with van der Waals surface area (Å²) in [6.45, 7) is 2.11. The van der Waals surface area contributed by atoms with Gasteiger partial charge in [0.25, 0.3) is 5.91 Å². The van der Waals surface area contributed by atoms with Crippen LogP contribution in [0, 0.1) is 0 Å². The molecule has 0 bridgehead atoms. The van der Waals surface area contributed by atoms with Crippen molar-refractivity contribution in [2.24, 2.45) is 0 Å². The number of imidazole rings is 1. The smallest absolute Gasteiger partial charge is 0.251 e. The number of H-pyrrole nitrogens is 1. The molecule has 25 heavy (non-hydrogen) atoms. The van der Waals surface area contributed by atoms with Crippen molar-refractivity contribution in [2.45, 2.75) is 12.5 Å². The first-order valence-electron chi connectivity index (χ1n) is 8.36. The Kier molecular flexibility index (Phi) is 5.14. The molecule has 1 unspecified atom stereocenters. The number of rotatable bonds is 4. The standard InChI is InChI=1S/C18H23N5O2/c1-19-18(25)14-5-3-4-13(8-14)16-11-23(7-6-22(16)2)17(24)9-15-10-20-12-21-15/h3-5,8,10,12,16H,6-7,9,11H2,1-2H3,(H,19,25)(H,20,21). The second-order valence-corrected chi connectivity index (χ2v) is 6.29. The molecule has 0 spiro atoms. The molecule has 3 rings (SSSR count). The summed E-state index contributed by atoms with van der Waals surface area (Å²) in [6.07, 6.45) is 3.59. The third-order valence-electron chi connectivity index (χ3n) is 4.66. The summed E-state index contributed by atoms with van der Waals surface area (Å²) in [4.78, 5) is 35.5. The molecule has 2 amide bonds. The fraction of sp³-hybridized carbons (Fsp3) is 0.389. The first kappa shape index (κ1) is 17.2. The van der Waals surface area contributed by atoms with Crippen LogP contribution in [0.5, 0.6) is 0 Å². The Morgan fingerprint density at radius 2 is 2.20 bits per heavy atom. The van der Waals surface area contributed by atoms with E-state index < -0.39 is 0 Å². The molecule has 1 atom stereocenters. The second kappa shape index (κ2) is 7.48. The highest BCUT2D eigenvalue weighted by Gasteiger charge is 2.28. The minimum Gasteiger partial charge on any atom is -0.355 e. The quantitative estimate of drug-likeness (QED) is 0.863. The molecular formula is C18H23N5O2. The normalized spacial score (nSPS) is 18.2. The molecule has 1 saturated heterocycles. The number of aromatic nitrogens is 2. The number of hydrogen-bond donors (Lipinski definition) is 2. The molecule has 0 radical (unpaired) electrons. The molecule has 7 heteroatoms. The van der Waals surface area contributed by atoms with Crippen LogP contribution in [0.1, 0.15) is 27.7 Å². The van der Waals surface area contributed by atoms with Crippen LogP contribution in [0.4, 0.5) is 0 Å². The zero-order valence-corrected chi connectivity index (χ0v) is 14.5. The van der Waals surface area contributed by atoms with Crippen LogP contribution in [-0.4, -0.2) is 65.3 Å².